The Balaban J connectivity index is 2.76. The number of aromatic carboxylic acids is 1. The smallest absolute Gasteiger partial charge is 0.335 e. The summed E-state index contributed by atoms with van der Waals surface area (Å²) in [6.45, 7) is 4.66. The first-order chi connectivity index (χ1) is 9.49. The average Bonchev–Trinajstić information content (AvgIpc) is 2.41. The van der Waals surface area contributed by atoms with Crippen molar-refractivity contribution in [2.45, 2.75) is 20.3 Å². The molecular formula is C14H20N2O4. The minimum atomic E-state index is -0.996. The maximum Gasteiger partial charge on any atom is 0.335 e. The largest absolute Gasteiger partial charge is 0.478 e. The number of aryl methyl sites for hydroxylation is 1. The molecule has 0 aliphatic carbocycles. The number of nitrogens with one attached hydrogen (secondary N) is 1. The number of carboxylic acids is 1. The van der Waals surface area contributed by atoms with Crippen LogP contribution in [-0.2, 0) is 0 Å². The number of urea groups is 1. The number of hydrogen-bond acceptors (Lipinski definition) is 3. The lowest BCUT2D eigenvalue weighted by Gasteiger charge is -2.21. The number of aliphatic hydroxyl groups excluding tert-OH is 1. The van der Waals surface area contributed by atoms with Crippen LogP contribution in [0.15, 0.2) is 18.2 Å². The van der Waals surface area contributed by atoms with Crippen molar-refractivity contribution in [2.75, 3.05) is 25.0 Å². The predicted octanol–water partition coefficient (Wildman–Crippen LogP) is 1.93. The predicted molar refractivity (Wildman–Crippen MR) is 76.1 cm³/mol. The van der Waals surface area contributed by atoms with Gasteiger partial charge in [0.15, 0.2) is 0 Å². The molecule has 0 heterocycles. The molecule has 6 heteroatoms. The lowest BCUT2D eigenvalue weighted by molar-refractivity contribution is 0.0697. The summed E-state index contributed by atoms with van der Waals surface area (Å²) in [4.78, 5) is 24.5. The van der Waals surface area contributed by atoms with Crippen LogP contribution in [-0.4, -0.2) is 46.8 Å². The molecule has 0 aliphatic heterocycles. The fourth-order valence-electron chi connectivity index (χ4n) is 1.80. The van der Waals surface area contributed by atoms with Crippen LogP contribution < -0.4 is 5.32 Å². The summed E-state index contributed by atoms with van der Waals surface area (Å²) >= 11 is 0. The molecule has 0 spiro atoms. The maximum atomic E-state index is 12.0. The van der Waals surface area contributed by atoms with Crippen molar-refractivity contribution >= 4 is 17.7 Å². The van der Waals surface area contributed by atoms with Gasteiger partial charge in [-0.3, -0.25) is 0 Å². The number of carbonyl (C=O) groups excluding carboxylic acids is 1. The topological polar surface area (TPSA) is 89.9 Å². The zero-order valence-electron chi connectivity index (χ0n) is 11.7. The maximum absolute atomic E-state index is 12.0. The molecule has 1 aromatic rings. The van der Waals surface area contributed by atoms with E-state index in [-0.39, 0.29) is 18.2 Å². The quantitative estimate of drug-likeness (QED) is 0.742. The number of hydrogen-bond donors (Lipinski definition) is 3. The number of rotatable bonds is 6. The minimum absolute atomic E-state index is 0.0378. The van der Waals surface area contributed by atoms with E-state index in [0.717, 1.165) is 0 Å². The summed E-state index contributed by atoms with van der Waals surface area (Å²) in [5.74, 6) is -0.996. The molecule has 3 N–H and O–H groups in total. The zero-order valence-corrected chi connectivity index (χ0v) is 11.7. The van der Waals surface area contributed by atoms with Gasteiger partial charge in [0.1, 0.15) is 0 Å². The molecule has 0 saturated carbocycles. The molecule has 0 fully saturated rings. The third-order valence-electron chi connectivity index (χ3n) is 2.97. The first-order valence-corrected chi connectivity index (χ1v) is 6.50. The van der Waals surface area contributed by atoms with Crippen LogP contribution in [0, 0.1) is 6.92 Å². The fraction of sp³-hybridized carbons (Fsp3) is 0.429. The van der Waals surface area contributed by atoms with Crippen LogP contribution in [0.1, 0.15) is 29.3 Å². The van der Waals surface area contributed by atoms with E-state index in [1.165, 1.54) is 12.1 Å². The lowest BCUT2D eigenvalue weighted by Crippen LogP contribution is -2.36. The second-order valence-electron chi connectivity index (χ2n) is 4.42. The van der Waals surface area contributed by atoms with Gasteiger partial charge in [0.05, 0.1) is 5.56 Å². The third-order valence-corrected chi connectivity index (χ3v) is 2.97. The van der Waals surface area contributed by atoms with Crippen molar-refractivity contribution in [3.8, 4) is 0 Å². The third kappa shape index (κ3) is 4.24. The molecule has 110 valence electrons. The first-order valence-electron chi connectivity index (χ1n) is 6.50. The Bertz CT molecular complexity index is 488. The van der Waals surface area contributed by atoms with Gasteiger partial charge in [-0.25, -0.2) is 9.59 Å². The molecule has 0 aromatic heterocycles. The van der Waals surface area contributed by atoms with E-state index >= 15 is 0 Å². The number of aliphatic hydroxyl groups is 1. The van der Waals surface area contributed by atoms with Gasteiger partial charge < -0.3 is 20.4 Å². The van der Waals surface area contributed by atoms with Gasteiger partial charge in [0, 0.05) is 25.4 Å². The minimum Gasteiger partial charge on any atom is -0.478 e. The molecule has 1 aromatic carbocycles. The van der Waals surface area contributed by atoms with Gasteiger partial charge >= 0.3 is 12.0 Å². The van der Waals surface area contributed by atoms with Gasteiger partial charge in [0.2, 0.25) is 0 Å². The fourth-order valence-corrected chi connectivity index (χ4v) is 1.80. The Morgan fingerprint density at radius 1 is 1.35 bits per heavy atom. The van der Waals surface area contributed by atoms with Crippen molar-refractivity contribution in [3.63, 3.8) is 0 Å². The highest BCUT2D eigenvalue weighted by atomic mass is 16.4. The second-order valence-corrected chi connectivity index (χ2v) is 4.42. The summed E-state index contributed by atoms with van der Waals surface area (Å²) in [5, 5.41) is 20.4. The van der Waals surface area contributed by atoms with Crippen LogP contribution in [0.4, 0.5) is 10.5 Å². The second kappa shape index (κ2) is 7.49. The van der Waals surface area contributed by atoms with Crippen LogP contribution in [0.3, 0.4) is 0 Å². The van der Waals surface area contributed by atoms with Crippen LogP contribution in [0.5, 0.6) is 0 Å². The highest BCUT2D eigenvalue weighted by Gasteiger charge is 2.13. The van der Waals surface area contributed by atoms with Crippen molar-refractivity contribution in [3.05, 3.63) is 29.3 Å². The Hall–Kier alpha value is -2.08. The van der Waals surface area contributed by atoms with Crippen LogP contribution in [0.2, 0.25) is 0 Å². The van der Waals surface area contributed by atoms with E-state index < -0.39 is 5.97 Å². The van der Waals surface area contributed by atoms with E-state index in [1.54, 1.807) is 17.9 Å². The summed E-state index contributed by atoms with van der Waals surface area (Å²) in [5.41, 5.74) is 1.46. The SMILES string of the molecule is CCN(CCCO)C(=O)Nc1ccc(C(=O)O)cc1C. The Morgan fingerprint density at radius 2 is 2.05 bits per heavy atom. The number of carboxylic acid groups (broad SMARTS) is 1. The van der Waals surface area contributed by atoms with E-state index in [1.807, 2.05) is 6.92 Å². The molecule has 0 radical (unpaired) electrons. The van der Waals surface area contributed by atoms with Gasteiger partial charge in [-0.2, -0.15) is 0 Å². The molecular weight excluding hydrogens is 260 g/mol. The van der Waals surface area contributed by atoms with Crippen molar-refractivity contribution < 1.29 is 19.8 Å². The van der Waals surface area contributed by atoms with Gasteiger partial charge in [-0.15, -0.1) is 0 Å². The Labute approximate surface area is 118 Å². The summed E-state index contributed by atoms with van der Waals surface area (Å²) in [6, 6.07) is 4.29. The number of anilines is 1. The Kier molecular flexibility index (Phi) is 5.99. The van der Waals surface area contributed by atoms with Crippen molar-refractivity contribution in [2.24, 2.45) is 0 Å². The van der Waals surface area contributed by atoms with E-state index in [9.17, 15) is 9.59 Å². The number of benzene rings is 1. The molecule has 2 amide bonds. The summed E-state index contributed by atoms with van der Waals surface area (Å²) in [6.07, 6.45) is 0.526. The number of amides is 2. The summed E-state index contributed by atoms with van der Waals surface area (Å²) in [7, 11) is 0. The van der Waals surface area contributed by atoms with Gasteiger partial charge in [0.25, 0.3) is 0 Å². The number of carbonyl (C=O) groups is 2. The molecule has 0 bridgehead atoms. The van der Waals surface area contributed by atoms with Crippen molar-refractivity contribution in [1.29, 1.82) is 0 Å². The molecule has 20 heavy (non-hydrogen) atoms. The molecule has 0 unspecified atom stereocenters. The van der Waals surface area contributed by atoms with Crippen LogP contribution >= 0.6 is 0 Å². The van der Waals surface area contributed by atoms with E-state index in [0.29, 0.717) is 30.8 Å². The molecule has 0 saturated heterocycles. The monoisotopic (exact) mass is 280 g/mol. The normalized spacial score (nSPS) is 10.2. The van der Waals surface area contributed by atoms with Gasteiger partial charge in [-0.1, -0.05) is 0 Å². The van der Waals surface area contributed by atoms with Crippen LogP contribution in [0.25, 0.3) is 0 Å². The van der Waals surface area contributed by atoms with Gasteiger partial charge in [-0.05, 0) is 44.0 Å². The molecule has 0 aliphatic rings. The lowest BCUT2D eigenvalue weighted by atomic mass is 10.1. The Morgan fingerprint density at radius 3 is 2.55 bits per heavy atom. The molecule has 6 nitrogen and oxygen atoms in total. The standard InChI is InChI=1S/C14H20N2O4/c1-3-16(7-4-8-17)14(20)15-12-6-5-11(13(18)19)9-10(12)2/h5-6,9,17H,3-4,7-8H2,1-2H3,(H,15,20)(H,18,19). The first kappa shape index (κ1) is 16.0. The molecule has 0 atom stereocenters. The van der Waals surface area contributed by atoms with Crippen molar-refractivity contribution in [1.82, 2.24) is 4.90 Å². The zero-order chi connectivity index (χ0) is 15.1. The molecule has 1 rings (SSSR count). The average molecular weight is 280 g/mol. The highest BCUT2D eigenvalue weighted by Crippen LogP contribution is 2.17. The van der Waals surface area contributed by atoms with E-state index in [4.69, 9.17) is 10.2 Å². The summed E-state index contributed by atoms with van der Waals surface area (Å²) < 4.78 is 0. The van der Waals surface area contributed by atoms with E-state index in [2.05, 4.69) is 5.32 Å². The number of nitrogens with zero attached hydrogens (tertiary/aromatic N) is 1. The highest BCUT2D eigenvalue weighted by molar-refractivity contribution is 5.92.